The van der Waals surface area contributed by atoms with Gasteiger partial charge in [0.2, 0.25) is 0 Å². The van der Waals surface area contributed by atoms with E-state index >= 15 is 0 Å². The van der Waals surface area contributed by atoms with Crippen LogP contribution < -0.4 is 10.5 Å². The summed E-state index contributed by atoms with van der Waals surface area (Å²) in [7, 11) is 1.59. The van der Waals surface area contributed by atoms with Crippen molar-refractivity contribution in [3.05, 3.63) is 65.2 Å². The van der Waals surface area contributed by atoms with Crippen molar-refractivity contribution in [3.8, 4) is 5.75 Å². The third-order valence-electron chi connectivity index (χ3n) is 3.00. The molecule has 19 heavy (non-hydrogen) atoms. The highest BCUT2D eigenvalue weighted by molar-refractivity contribution is 5.35. The first kappa shape index (κ1) is 13.5. The number of halogens is 2. The molecule has 0 spiro atoms. The number of methoxy groups -OCH3 is 1. The lowest BCUT2D eigenvalue weighted by atomic mass is 9.99. The maximum Gasteiger partial charge on any atom is 0.159 e. The standard InChI is InChI=1S/C15H15F2NO/c1-19-15-5-3-2-4-11(15)9-14(18)10-6-7-12(16)13(17)8-10/h2-8,14H,9,18H2,1H3. The molecular formula is C15H15F2NO. The van der Waals surface area contributed by atoms with Crippen LogP contribution in [-0.2, 0) is 6.42 Å². The first-order valence-electron chi connectivity index (χ1n) is 5.94. The van der Waals surface area contributed by atoms with E-state index in [1.807, 2.05) is 24.3 Å². The maximum absolute atomic E-state index is 13.2. The Hall–Kier alpha value is -1.94. The van der Waals surface area contributed by atoms with E-state index in [9.17, 15) is 8.78 Å². The highest BCUT2D eigenvalue weighted by Crippen LogP contribution is 2.24. The quantitative estimate of drug-likeness (QED) is 0.919. The third kappa shape index (κ3) is 3.09. The number of ether oxygens (including phenoxy) is 1. The summed E-state index contributed by atoms with van der Waals surface area (Å²) in [5.41, 5.74) is 7.52. The number of benzene rings is 2. The van der Waals surface area contributed by atoms with Crippen molar-refractivity contribution >= 4 is 0 Å². The number of rotatable bonds is 4. The molecule has 1 unspecified atom stereocenters. The van der Waals surface area contributed by atoms with Crippen LogP contribution in [0.15, 0.2) is 42.5 Å². The second-order valence-corrected chi connectivity index (χ2v) is 4.30. The Morgan fingerprint density at radius 2 is 1.84 bits per heavy atom. The Bertz CT molecular complexity index is 572. The molecule has 0 fully saturated rings. The third-order valence-corrected chi connectivity index (χ3v) is 3.00. The van der Waals surface area contributed by atoms with Gasteiger partial charge in [0.05, 0.1) is 7.11 Å². The van der Waals surface area contributed by atoms with Gasteiger partial charge in [-0.3, -0.25) is 0 Å². The predicted molar refractivity (Wildman–Crippen MR) is 70.0 cm³/mol. The van der Waals surface area contributed by atoms with Crippen LogP contribution in [0.4, 0.5) is 8.78 Å². The molecule has 2 aromatic rings. The van der Waals surface area contributed by atoms with Crippen molar-refractivity contribution in [2.75, 3.05) is 7.11 Å². The van der Waals surface area contributed by atoms with Gasteiger partial charge in [-0.05, 0) is 35.7 Å². The van der Waals surface area contributed by atoms with Gasteiger partial charge in [0.15, 0.2) is 11.6 Å². The molecule has 0 aliphatic heterocycles. The normalized spacial score (nSPS) is 12.2. The molecule has 0 heterocycles. The van der Waals surface area contributed by atoms with Crippen LogP contribution in [0.1, 0.15) is 17.2 Å². The fourth-order valence-corrected chi connectivity index (χ4v) is 1.97. The Balaban J connectivity index is 2.20. The average Bonchev–Trinajstić information content (AvgIpc) is 2.42. The molecule has 0 bridgehead atoms. The van der Waals surface area contributed by atoms with Crippen LogP contribution in [0.3, 0.4) is 0 Å². The van der Waals surface area contributed by atoms with Gasteiger partial charge in [-0.1, -0.05) is 24.3 Å². The molecule has 2 aromatic carbocycles. The minimum Gasteiger partial charge on any atom is -0.496 e. The summed E-state index contributed by atoms with van der Waals surface area (Å²) in [5.74, 6) is -1.01. The van der Waals surface area contributed by atoms with Gasteiger partial charge in [0, 0.05) is 6.04 Å². The van der Waals surface area contributed by atoms with Gasteiger partial charge < -0.3 is 10.5 Å². The SMILES string of the molecule is COc1ccccc1CC(N)c1ccc(F)c(F)c1. The molecule has 0 saturated carbocycles. The first-order valence-corrected chi connectivity index (χ1v) is 5.94. The van der Waals surface area contributed by atoms with Gasteiger partial charge in [0.25, 0.3) is 0 Å². The minimum atomic E-state index is -0.882. The molecule has 0 saturated heterocycles. The number of nitrogens with two attached hydrogens (primary N) is 1. The lowest BCUT2D eigenvalue weighted by molar-refractivity contribution is 0.408. The summed E-state index contributed by atoms with van der Waals surface area (Å²) in [5, 5.41) is 0. The minimum absolute atomic E-state index is 0.411. The largest absolute Gasteiger partial charge is 0.496 e. The van der Waals surface area contributed by atoms with Gasteiger partial charge in [-0.2, -0.15) is 0 Å². The topological polar surface area (TPSA) is 35.2 Å². The molecule has 4 heteroatoms. The number of hydrogen-bond donors (Lipinski definition) is 1. The van der Waals surface area contributed by atoms with Crippen LogP contribution in [0.2, 0.25) is 0 Å². The fourth-order valence-electron chi connectivity index (χ4n) is 1.97. The molecule has 0 radical (unpaired) electrons. The second-order valence-electron chi connectivity index (χ2n) is 4.30. The fraction of sp³-hybridized carbons (Fsp3) is 0.200. The molecule has 0 aromatic heterocycles. The number of hydrogen-bond acceptors (Lipinski definition) is 2. The van der Waals surface area contributed by atoms with Crippen LogP contribution in [0.5, 0.6) is 5.75 Å². The van der Waals surface area contributed by atoms with E-state index in [0.717, 1.165) is 23.4 Å². The summed E-state index contributed by atoms with van der Waals surface area (Å²) >= 11 is 0. The van der Waals surface area contributed by atoms with Crippen molar-refractivity contribution < 1.29 is 13.5 Å². The lowest BCUT2D eigenvalue weighted by Gasteiger charge is -2.14. The zero-order chi connectivity index (χ0) is 13.8. The molecule has 100 valence electrons. The maximum atomic E-state index is 13.2. The highest BCUT2D eigenvalue weighted by Gasteiger charge is 2.12. The molecular weight excluding hydrogens is 248 g/mol. The first-order chi connectivity index (χ1) is 9.11. The Kier molecular flexibility index (Phi) is 4.12. The van der Waals surface area contributed by atoms with Crippen molar-refractivity contribution in [1.29, 1.82) is 0 Å². The van der Waals surface area contributed by atoms with Crippen LogP contribution in [-0.4, -0.2) is 7.11 Å². The van der Waals surface area contributed by atoms with E-state index in [0.29, 0.717) is 12.0 Å². The van der Waals surface area contributed by atoms with Crippen LogP contribution in [0, 0.1) is 11.6 Å². The van der Waals surface area contributed by atoms with E-state index in [1.54, 1.807) is 7.11 Å². The molecule has 2 nitrogen and oxygen atoms in total. The van der Waals surface area contributed by atoms with E-state index < -0.39 is 17.7 Å². The summed E-state index contributed by atoms with van der Waals surface area (Å²) in [4.78, 5) is 0. The molecule has 2 rings (SSSR count). The summed E-state index contributed by atoms with van der Waals surface area (Å²) in [6, 6.07) is 10.8. The second kappa shape index (κ2) is 5.80. The van der Waals surface area contributed by atoms with Crippen molar-refractivity contribution in [2.45, 2.75) is 12.5 Å². The van der Waals surface area contributed by atoms with Crippen molar-refractivity contribution in [2.24, 2.45) is 5.73 Å². The zero-order valence-corrected chi connectivity index (χ0v) is 10.6. The smallest absolute Gasteiger partial charge is 0.159 e. The highest BCUT2D eigenvalue weighted by atomic mass is 19.2. The van der Waals surface area contributed by atoms with Gasteiger partial charge in [0.1, 0.15) is 5.75 Å². The van der Waals surface area contributed by atoms with Crippen molar-refractivity contribution in [1.82, 2.24) is 0 Å². The van der Waals surface area contributed by atoms with Gasteiger partial charge in [-0.15, -0.1) is 0 Å². The molecule has 0 amide bonds. The zero-order valence-electron chi connectivity index (χ0n) is 10.6. The van der Waals surface area contributed by atoms with E-state index in [2.05, 4.69) is 0 Å². The molecule has 1 atom stereocenters. The predicted octanol–water partition coefficient (Wildman–Crippen LogP) is 3.22. The molecule has 0 aliphatic rings. The van der Waals surface area contributed by atoms with E-state index in [-0.39, 0.29) is 0 Å². The van der Waals surface area contributed by atoms with E-state index in [1.165, 1.54) is 6.07 Å². The lowest BCUT2D eigenvalue weighted by Crippen LogP contribution is -2.14. The summed E-state index contributed by atoms with van der Waals surface area (Å²) in [6.07, 6.45) is 0.495. The Labute approximate surface area is 110 Å². The van der Waals surface area contributed by atoms with Gasteiger partial charge >= 0.3 is 0 Å². The summed E-state index contributed by atoms with van der Waals surface area (Å²) in [6.45, 7) is 0. The Morgan fingerprint density at radius 1 is 1.11 bits per heavy atom. The average molecular weight is 263 g/mol. The van der Waals surface area contributed by atoms with Crippen molar-refractivity contribution in [3.63, 3.8) is 0 Å². The molecule has 0 aliphatic carbocycles. The number of para-hydroxylation sites is 1. The molecule has 2 N–H and O–H groups in total. The van der Waals surface area contributed by atoms with Crippen LogP contribution in [0.25, 0.3) is 0 Å². The van der Waals surface area contributed by atoms with Crippen LogP contribution >= 0.6 is 0 Å². The Morgan fingerprint density at radius 3 is 2.53 bits per heavy atom. The van der Waals surface area contributed by atoms with E-state index in [4.69, 9.17) is 10.5 Å². The van der Waals surface area contributed by atoms with Gasteiger partial charge in [-0.25, -0.2) is 8.78 Å². The monoisotopic (exact) mass is 263 g/mol. The summed E-state index contributed by atoms with van der Waals surface area (Å²) < 4.78 is 31.3.